The molecule has 4 rings (SSSR count). The normalized spacial score (nSPS) is 15.3. The fraction of sp³-hybridized carbons (Fsp3) is 0.520. The number of ether oxygens (including phenoxy) is 2. The third-order valence-electron chi connectivity index (χ3n) is 6.88. The van der Waals surface area contributed by atoms with Crippen LogP contribution in [0.1, 0.15) is 26.7 Å². The highest BCUT2D eigenvalue weighted by Gasteiger charge is 2.36. The predicted octanol–water partition coefficient (Wildman–Crippen LogP) is 4.80. The SMILES string of the molecule is CCN(CC)CCN(C(=O)C1CCN(S(=O)(=O)c2ccc(Cl)s2)CC1)c1nc2c(OC)ccc(OC)c2s1. The number of aromatic nitrogens is 1. The highest BCUT2D eigenvalue weighted by Crippen LogP contribution is 2.41. The highest BCUT2D eigenvalue weighted by molar-refractivity contribution is 7.91. The van der Waals surface area contributed by atoms with Crippen LogP contribution >= 0.6 is 34.3 Å². The number of anilines is 1. The van der Waals surface area contributed by atoms with Crippen LogP contribution in [-0.4, -0.2) is 82.0 Å². The molecular weight excluding hydrogens is 568 g/mol. The van der Waals surface area contributed by atoms with E-state index in [1.807, 2.05) is 12.1 Å². The summed E-state index contributed by atoms with van der Waals surface area (Å²) in [6.45, 7) is 7.69. The number of thiophene rings is 1. The molecule has 1 fully saturated rings. The van der Waals surface area contributed by atoms with Crippen molar-refractivity contribution in [2.75, 3.05) is 58.4 Å². The van der Waals surface area contributed by atoms with E-state index in [0.29, 0.717) is 52.4 Å². The molecule has 13 heteroatoms. The quantitative estimate of drug-likeness (QED) is 0.312. The first kappa shape index (κ1) is 29.0. The van der Waals surface area contributed by atoms with Gasteiger partial charge in [-0.15, -0.1) is 11.3 Å². The summed E-state index contributed by atoms with van der Waals surface area (Å²) >= 11 is 8.41. The van der Waals surface area contributed by atoms with Gasteiger partial charge in [0.15, 0.2) is 5.13 Å². The minimum Gasteiger partial charge on any atom is -0.495 e. The molecule has 208 valence electrons. The molecule has 1 aliphatic rings. The second-order valence-electron chi connectivity index (χ2n) is 8.90. The van der Waals surface area contributed by atoms with Crippen molar-refractivity contribution in [1.82, 2.24) is 14.2 Å². The molecule has 1 aliphatic heterocycles. The van der Waals surface area contributed by atoms with Crippen LogP contribution in [-0.2, 0) is 14.8 Å². The molecule has 3 aromatic rings. The van der Waals surface area contributed by atoms with E-state index in [4.69, 9.17) is 26.1 Å². The lowest BCUT2D eigenvalue weighted by Gasteiger charge is -2.33. The van der Waals surface area contributed by atoms with Gasteiger partial charge in [0.05, 0.1) is 18.6 Å². The molecule has 0 N–H and O–H groups in total. The van der Waals surface area contributed by atoms with E-state index in [2.05, 4.69) is 18.7 Å². The Morgan fingerprint density at radius 1 is 1.05 bits per heavy atom. The minimum absolute atomic E-state index is 0.0367. The molecule has 0 bridgehead atoms. The maximum atomic E-state index is 13.9. The van der Waals surface area contributed by atoms with Crippen LogP contribution in [0.4, 0.5) is 5.13 Å². The lowest BCUT2D eigenvalue weighted by Crippen LogP contribution is -2.46. The molecule has 9 nitrogen and oxygen atoms in total. The fourth-order valence-corrected chi connectivity index (χ4v) is 8.81. The van der Waals surface area contributed by atoms with Gasteiger partial charge >= 0.3 is 0 Å². The molecule has 0 unspecified atom stereocenters. The average molecular weight is 601 g/mol. The number of nitrogens with zero attached hydrogens (tertiary/aromatic N) is 4. The van der Waals surface area contributed by atoms with Crippen molar-refractivity contribution in [3.63, 3.8) is 0 Å². The van der Waals surface area contributed by atoms with Crippen LogP contribution in [0.25, 0.3) is 10.2 Å². The maximum absolute atomic E-state index is 13.9. The van der Waals surface area contributed by atoms with Crippen molar-refractivity contribution in [3.8, 4) is 11.5 Å². The Bertz CT molecular complexity index is 1320. The van der Waals surface area contributed by atoms with Gasteiger partial charge in [0.1, 0.15) is 25.9 Å². The molecule has 1 aromatic carbocycles. The first-order valence-electron chi connectivity index (χ1n) is 12.5. The Kier molecular flexibility index (Phi) is 9.53. The zero-order valence-electron chi connectivity index (χ0n) is 22.0. The van der Waals surface area contributed by atoms with Crippen molar-refractivity contribution < 1.29 is 22.7 Å². The number of fused-ring (bicyclic) bond motifs is 1. The molecule has 0 radical (unpaired) electrons. The number of halogens is 1. The number of piperidine rings is 1. The zero-order chi connectivity index (χ0) is 27.4. The molecule has 0 atom stereocenters. The monoisotopic (exact) mass is 600 g/mol. The highest BCUT2D eigenvalue weighted by atomic mass is 35.5. The van der Waals surface area contributed by atoms with E-state index in [9.17, 15) is 13.2 Å². The van der Waals surface area contributed by atoms with Crippen LogP contribution in [0.5, 0.6) is 11.5 Å². The minimum atomic E-state index is -3.63. The molecule has 3 heterocycles. The summed E-state index contributed by atoms with van der Waals surface area (Å²) < 4.78 is 40.1. The summed E-state index contributed by atoms with van der Waals surface area (Å²) in [5.41, 5.74) is 0.656. The number of hydrogen-bond acceptors (Lipinski definition) is 9. The van der Waals surface area contributed by atoms with Gasteiger partial charge in [-0.3, -0.25) is 9.69 Å². The van der Waals surface area contributed by atoms with Crippen LogP contribution < -0.4 is 14.4 Å². The van der Waals surface area contributed by atoms with Gasteiger partial charge < -0.3 is 14.4 Å². The van der Waals surface area contributed by atoms with Crippen molar-refractivity contribution in [2.24, 2.45) is 5.92 Å². The number of benzene rings is 1. The zero-order valence-corrected chi connectivity index (χ0v) is 25.2. The first-order chi connectivity index (χ1) is 18.2. The fourth-order valence-electron chi connectivity index (χ4n) is 4.60. The topological polar surface area (TPSA) is 92.3 Å². The summed E-state index contributed by atoms with van der Waals surface area (Å²) in [6.07, 6.45) is 0.882. The first-order valence-corrected chi connectivity index (χ1v) is 16.0. The summed E-state index contributed by atoms with van der Waals surface area (Å²) in [5, 5.41) is 0.586. The van der Waals surface area contributed by atoms with Crippen LogP contribution in [0.3, 0.4) is 0 Å². The Morgan fingerprint density at radius 2 is 1.71 bits per heavy atom. The van der Waals surface area contributed by atoms with E-state index in [0.717, 1.165) is 29.1 Å². The largest absolute Gasteiger partial charge is 0.495 e. The van der Waals surface area contributed by atoms with E-state index in [1.54, 1.807) is 25.2 Å². The average Bonchev–Trinajstić information content (AvgIpc) is 3.57. The van der Waals surface area contributed by atoms with E-state index >= 15 is 0 Å². The molecule has 38 heavy (non-hydrogen) atoms. The lowest BCUT2D eigenvalue weighted by atomic mass is 9.96. The van der Waals surface area contributed by atoms with E-state index in [-0.39, 0.29) is 29.1 Å². The number of amides is 1. The van der Waals surface area contributed by atoms with Gasteiger partial charge in [-0.2, -0.15) is 4.31 Å². The van der Waals surface area contributed by atoms with Gasteiger partial charge in [0, 0.05) is 32.1 Å². The number of sulfonamides is 1. The molecule has 2 aromatic heterocycles. The Morgan fingerprint density at radius 3 is 2.29 bits per heavy atom. The molecule has 1 saturated heterocycles. The Labute approximate surface area is 237 Å². The maximum Gasteiger partial charge on any atom is 0.252 e. The van der Waals surface area contributed by atoms with Gasteiger partial charge in [-0.05, 0) is 50.2 Å². The number of hydrogen-bond donors (Lipinski definition) is 0. The lowest BCUT2D eigenvalue weighted by molar-refractivity contribution is -0.123. The second kappa shape index (κ2) is 12.5. The van der Waals surface area contributed by atoms with Crippen molar-refractivity contribution >= 4 is 65.6 Å². The smallest absolute Gasteiger partial charge is 0.252 e. The summed E-state index contributed by atoms with van der Waals surface area (Å²) in [6, 6.07) is 6.77. The Balaban J connectivity index is 1.58. The molecule has 0 saturated carbocycles. The standard InChI is InChI=1S/C25H33ClN4O5S3/c1-5-28(6-2)15-16-30(25-27-22-18(34-3)7-8-19(35-4)23(22)37-25)24(31)17-11-13-29(14-12-17)38(32,33)21-10-9-20(26)36-21/h7-10,17H,5-6,11-16H2,1-4H3. The number of methoxy groups -OCH3 is 2. The number of carbonyl (C=O) groups excluding carboxylic acids is 1. The van der Waals surface area contributed by atoms with Crippen LogP contribution in [0.2, 0.25) is 4.34 Å². The second-order valence-corrected chi connectivity index (χ2v) is 13.8. The van der Waals surface area contributed by atoms with Gasteiger partial charge in [-0.1, -0.05) is 36.8 Å². The number of carbonyl (C=O) groups is 1. The van der Waals surface area contributed by atoms with Crippen LogP contribution in [0.15, 0.2) is 28.5 Å². The van der Waals surface area contributed by atoms with Gasteiger partial charge in [0.25, 0.3) is 10.0 Å². The van der Waals surface area contributed by atoms with Crippen molar-refractivity contribution in [2.45, 2.75) is 30.9 Å². The third kappa shape index (κ3) is 5.95. The van der Waals surface area contributed by atoms with Gasteiger partial charge in [-0.25, -0.2) is 13.4 Å². The van der Waals surface area contributed by atoms with Crippen molar-refractivity contribution in [1.29, 1.82) is 0 Å². The summed E-state index contributed by atoms with van der Waals surface area (Å²) in [7, 11) is -0.426. The predicted molar refractivity (Wildman–Crippen MR) is 154 cm³/mol. The van der Waals surface area contributed by atoms with E-state index in [1.165, 1.54) is 21.7 Å². The third-order valence-corrected chi connectivity index (χ3v) is 11.6. The molecule has 0 aliphatic carbocycles. The molecule has 1 amide bonds. The van der Waals surface area contributed by atoms with Gasteiger partial charge in [0.2, 0.25) is 5.91 Å². The number of likely N-dealkylation sites (N-methyl/N-ethyl adjacent to an activating group) is 1. The summed E-state index contributed by atoms with van der Waals surface area (Å²) in [5.74, 6) is 0.950. The van der Waals surface area contributed by atoms with Crippen molar-refractivity contribution in [3.05, 3.63) is 28.6 Å². The molecular formula is C25H33ClN4O5S3. The Hall–Kier alpha value is -1.96. The number of thiazole rings is 1. The van der Waals surface area contributed by atoms with E-state index < -0.39 is 10.0 Å². The summed E-state index contributed by atoms with van der Waals surface area (Å²) in [4.78, 5) is 22.8. The van der Waals surface area contributed by atoms with Crippen LogP contribution in [0, 0.1) is 5.92 Å². The molecule has 0 spiro atoms. The number of rotatable bonds is 11.